The van der Waals surface area contributed by atoms with E-state index in [0.717, 1.165) is 31.2 Å². The molecule has 1 aliphatic carbocycles. The molecule has 1 aliphatic rings. The van der Waals surface area contributed by atoms with Crippen LogP contribution >= 0.6 is 11.3 Å². The Morgan fingerprint density at radius 1 is 1.10 bits per heavy atom. The Kier molecular flexibility index (Phi) is 7.75. The van der Waals surface area contributed by atoms with Gasteiger partial charge in [0.2, 0.25) is 11.0 Å². The van der Waals surface area contributed by atoms with E-state index in [0.29, 0.717) is 21.5 Å². The molecule has 0 saturated heterocycles. The van der Waals surface area contributed by atoms with Crippen molar-refractivity contribution in [3.05, 3.63) is 46.8 Å². The van der Waals surface area contributed by atoms with Crippen molar-refractivity contribution in [2.75, 3.05) is 12.0 Å². The molecule has 0 radical (unpaired) electrons. The number of ether oxygens (including phenoxy) is 2. The fourth-order valence-electron chi connectivity index (χ4n) is 3.80. The summed E-state index contributed by atoms with van der Waals surface area (Å²) in [7, 11) is 1.26. The molecule has 1 aromatic heterocycles. The molecule has 6 heteroatoms. The third-order valence-corrected chi connectivity index (χ3v) is 6.42. The number of hydrogen-bond donors (Lipinski definition) is 0. The lowest BCUT2D eigenvalue weighted by atomic mass is 9.82. The summed E-state index contributed by atoms with van der Waals surface area (Å²) in [4.78, 5) is 27.8. The number of nitrogens with zero attached hydrogens (tertiary/aromatic N) is 1. The second-order valence-electron chi connectivity index (χ2n) is 8.21. The van der Waals surface area contributed by atoms with Crippen molar-refractivity contribution in [1.82, 2.24) is 0 Å². The third-order valence-electron chi connectivity index (χ3n) is 5.50. The lowest BCUT2D eigenvalue weighted by molar-refractivity contribution is -0.123. The second kappa shape index (κ2) is 10.5. The quantitative estimate of drug-likeness (QED) is 0.442. The van der Waals surface area contributed by atoms with Crippen LogP contribution in [0.25, 0.3) is 0 Å². The van der Waals surface area contributed by atoms with Gasteiger partial charge in [-0.05, 0) is 63.6 Å². The number of carbonyl (C=O) groups is 2. The maximum absolute atomic E-state index is 13.5. The SMILES string of the molecule is COC(=O)Oc1sc(C#Cc2ccccc2)cc1N(C(=O)C1CCC(C)CC1)C(C)C. The van der Waals surface area contributed by atoms with Gasteiger partial charge in [0.05, 0.1) is 12.0 Å². The first kappa shape index (κ1) is 22.9. The van der Waals surface area contributed by atoms with Gasteiger partial charge in [-0.15, -0.1) is 0 Å². The number of amides is 1. The number of rotatable bonds is 4. The van der Waals surface area contributed by atoms with Crippen LogP contribution in [0.3, 0.4) is 0 Å². The second-order valence-corrected chi connectivity index (χ2v) is 9.23. The van der Waals surface area contributed by atoms with Crippen LogP contribution in [0, 0.1) is 23.7 Å². The molecular formula is C25H29NO4S. The molecule has 5 nitrogen and oxygen atoms in total. The summed E-state index contributed by atoms with van der Waals surface area (Å²) in [6.07, 6.45) is 3.09. The van der Waals surface area contributed by atoms with E-state index in [-0.39, 0.29) is 17.9 Å². The monoisotopic (exact) mass is 439 g/mol. The summed E-state index contributed by atoms with van der Waals surface area (Å²) >= 11 is 1.24. The Hall–Kier alpha value is -2.78. The van der Waals surface area contributed by atoms with Crippen molar-refractivity contribution in [3.63, 3.8) is 0 Å². The number of methoxy groups -OCH3 is 1. The van der Waals surface area contributed by atoms with Gasteiger partial charge < -0.3 is 14.4 Å². The van der Waals surface area contributed by atoms with Crippen molar-refractivity contribution in [1.29, 1.82) is 0 Å². The fraction of sp³-hybridized carbons (Fsp3) is 0.440. The van der Waals surface area contributed by atoms with Gasteiger partial charge in [-0.2, -0.15) is 0 Å². The zero-order chi connectivity index (χ0) is 22.4. The van der Waals surface area contributed by atoms with Crippen LogP contribution < -0.4 is 9.64 Å². The van der Waals surface area contributed by atoms with Gasteiger partial charge in [0.1, 0.15) is 5.69 Å². The molecule has 0 N–H and O–H groups in total. The van der Waals surface area contributed by atoms with E-state index in [4.69, 9.17) is 4.74 Å². The van der Waals surface area contributed by atoms with E-state index in [1.807, 2.05) is 50.2 Å². The van der Waals surface area contributed by atoms with Crippen molar-refractivity contribution in [2.45, 2.75) is 52.5 Å². The van der Waals surface area contributed by atoms with Crippen molar-refractivity contribution < 1.29 is 19.1 Å². The maximum atomic E-state index is 13.5. The van der Waals surface area contributed by atoms with Gasteiger partial charge in [-0.25, -0.2) is 4.79 Å². The van der Waals surface area contributed by atoms with E-state index >= 15 is 0 Å². The largest absolute Gasteiger partial charge is 0.514 e. The van der Waals surface area contributed by atoms with E-state index in [1.54, 1.807) is 4.90 Å². The molecule has 0 spiro atoms. The number of benzene rings is 1. The summed E-state index contributed by atoms with van der Waals surface area (Å²) in [5.74, 6) is 6.98. The molecule has 1 fully saturated rings. The van der Waals surface area contributed by atoms with Gasteiger partial charge in [0.15, 0.2) is 0 Å². The topological polar surface area (TPSA) is 55.8 Å². The minimum absolute atomic E-state index is 0.0108. The highest BCUT2D eigenvalue weighted by Gasteiger charge is 2.33. The third kappa shape index (κ3) is 5.89. The van der Waals surface area contributed by atoms with Crippen LogP contribution in [0.5, 0.6) is 5.06 Å². The van der Waals surface area contributed by atoms with Crippen molar-refractivity contribution in [3.8, 4) is 16.9 Å². The average molecular weight is 440 g/mol. The molecule has 1 aromatic carbocycles. The number of thiophene rings is 1. The number of carbonyl (C=O) groups excluding carboxylic acids is 2. The summed E-state index contributed by atoms with van der Waals surface area (Å²) < 4.78 is 10.1. The molecule has 31 heavy (non-hydrogen) atoms. The summed E-state index contributed by atoms with van der Waals surface area (Å²) in [5.41, 5.74) is 1.47. The molecule has 0 aliphatic heterocycles. The molecular weight excluding hydrogens is 410 g/mol. The first-order chi connectivity index (χ1) is 14.9. The Morgan fingerprint density at radius 2 is 1.77 bits per heavy atom. The summed E-state index contributed by atoms with van der Waals surface area (Å²) in [6, 6.07) is 11.4. The van der Waals surface area contributed by atoms with Crippen LogP contribution in [-0.2, 0) is 9.53 Å². The van der Waals surface area contributed by atoms with Gasteiger partial charge in [-0.1, -0.05) is 48.3 Å². The zero-order valence-electron chi connectivity index (χ0n) is 18.5. The lowest BCUT2D eigenvalue weighted by Crippen LogP contribution is -2.42. The van der Waals surface area contributed by atoms with Crippen molar-refractivity contribution in [2.24, 2.45) is 11.8 Å². The van der Waals surface area contributed by atoms with Crippen LogP contribution in [0.2, 0.25) is 0 Å². The highest BCUT2D eigenvalue weighted by molar-refractivity contribution is 7.15. The maximum Gasteiger partial charge on any atom is 0.514 e. The molecule has 1 amide bonds. The summed E-state index contributed by atoms with van der Waals surface area (Å²) in [6.45, 7) is 6.18. The number of anilines is 1. The van der Waals surface area contributed by atoms with Crippen LogP contribution in [0.4, 0.5) is 10.5 Å². The predicted molar refractivity (Wildman–Crippen MR) is 124 cm³/mol. The van der Waals surface area contributed by atoms with E-state index in [1.165, 1.54) is 18.4 Å². The molecule has 0 bridgehead atoms. The normalized spacial score (nSPS) is 18.1. The molecule has 1 saturated carbocycles. The fourth-order valence-corrected chi connectivity index (χ4v) is 4.64. The van der Waals surface area contributed by atoms with Crippen LogP contribution in [0.1, 0.15) is 56.9 Å². The molecule has 2 aromatic rings. The first-order valence-corrected chi connectivity index (χ1v) is 11.5. The van der Waals surface area contributed by atoms with Crippen molar-refractivity contribution >= 4 is 29.1 Å². The van der Waals surface area contributed by atoms with Gasteiger partial charge in [0, 0.05) is 17.5 Å². The minimum atomic E-state index is -0.812. The lowest BCUT2D eigenvalue weighted by Gasteiger charge is -2.33. The smallest absolute Gasteiger partial charge is 0.437 e. The molecule has 0 unspecified atom stereocenters. The van der Waals surface area contributed by atoms with Crippen LogP contribution in [-0.4, -0.2) is 25.2 Å². The average Bonchev–Trinajstić information content (AvgIpc) is 3.15. The highest BCUT2D eigenvalue weighted by atomic mass is 32.1. The van der Waals surface area contributed by atoms with Gasteiger partial charge in [-0.3, -0.25) is 4.79 Å². The Balaban J connectivity index is 1.95. The Bertz CT molecular complexity index is 962. The first-order valence-electron chi connectivity index (χ1n) is 10.7. The minimum Gasteiger partial charge on any atom is -0.437 e. The zero-order valence-corrected chi connectivity index (χ0v) is 19.3. The predicted octanol–water partition coefficient (Wildman–Crippen LogP) is 5.86. The number of hydrogen-bond acceptors (Lipinski definition) is 5. The molecule has 1 heterocycles. The van der Waals surface area contributed by atoms with Gasteiger partial charge in [0.25, 0.3) is 0 Å². The molecule has 3 rings (SSSR count). The molecule has 0 atom stereocenters. The Morgan fingerprint density at radius 3 is 2.39 bits per heavy atom. The Labute approximate surface area is 188 Å². The van der Waals surface area contributed by atoms with E-state index in [9.17, 15) is 9.59 Å². The van der Waals surface area contributed by atoms with Gasteiger partial charge >= 0.3 is 6.16 Å². The van der Waals surface area contributed by atoms with Crippen LogP contribution in [0.15, 0.2) is 36.4 Å². The standard InChI is InChI=1S/C25H29NO4S/c1-17(2)26(23(27)20-13-10-18(3)11-14-20)22-16-21(31-24(22)30-25(28)29-4)15-12-19-8-6-5-7-9-19/h5-9,16-18,20H,10-11,13-14H2,1-4H3. The highest BCUT2D eigenvalue weighted by Crippen LogP contribution is 2.41. The summed E-state index contributed by atoms with van der Waals surface area (Å²) in [5, 5.41) is 0.329. The van der Waals surface area contributed by atoms with E-state index in [2.05, 4.69) is 23.5 Å². The molecule has 164 valence electrons. The van der Waals surface area contributed by atoms with E-state index < -0.39 is 6.16 Å².